The number of amides is 2. The number of aromatic nitrogens is 2. The average molecular weight is 423 g/mol. The van der Waals surface area contributed by atoms with E-state index in [9.17, 15) is 9.59 Å². The quantitative estimate of drug-likeness (QED) is 0.565. The summed E-state index contributed by atoms with van der Waals surface area (Å²) in [7, 11) is 0. The van der Waals surface area contributed by atoms with Gasteiger partial charge in [0.05, 0.1) is 16.1 Å². The molecule has 1 fully saturated rings. The van der Waals surface area contributed by atoms with Crippen LogP contribution >= 0.6 is 11.3 Å². The molecule has 0 radical (unpaired) electrons. The fourth-order valence-electron chi connectivity index (χ4n) is 3.81. The Hall–Kier alpha value is -2.93. The normalized spacial score (nSPS) is 14.4. The second-order valence-electron chi connectivity index (χ2n) is 7.53. The van der Waals surface area contributed by atoms with E-state index < -0.39 is 0 Å². The molecule has 0 aliphatic heterocycles. The van der Waals surface area contributed by atoms with E-state index in [1.807, 2.05) is 47.8 Å². The lowest BCUT2D eigenvalue weighted by molar-refractivity contribution is -0.125. The van der Waals surface area contributed by atoms with Crippen LogP contribution in [-0.4, -0.2) is 34.7 Å². The summed E-state index contributed by atoms with van der Waals surface area (Å²) >= 11 is 1.55. The first kappa shape index (κ1) is 20.3. The number of nitrogens with zero attached hydrogens (tertiary/aromatic N) is 2. The Morgan fingerprint density at radius 3 is 2.50 bits per heavy atom. The highest BCUT2D eigenvalue weighted by molar-refractivity contribution is 7.13. The smallest absolute Gasteiger partial charge is 0.255 e. The van der Waals surface area contributed by atoms with Crippen LogP contribution in [0.1, 0.15) is 42.5 Å². The number of carbonyl (C=O) groups excluding carboxylic acids is 2. The van der Waals surface area contributed by atoms with E-state index in [1.54, 1.807) is 22.2 Å². The molecule has 1 aromatic carbocycles. The van der Waals surface area contributed by atoms with E-state index in [1.165, 1.54) is 6.42 Å². The summed E-state index contributed by atoms with van der Waals surface area (Å²) in [4.78, 5) is 26.1. The van der Waals surface area contributed by atoms with Crippen molar-refractivity contribution in [1.29, 1.82) is 0 Å². The van der Waals surface area contributed by atoms with Gasteiger partial charge in [0, 0.05) is 25.2 Å². The molecule has 4 rings (SSSR count). The second kappa shape index (κ2) is 9.71. The minimum absolute atomic E-state index is 0.111. The van der Waals surface area contributed by atoms with Crippen molar-refractivity contribution < 1.29 is 9.59 Å². The zero-order valence-corrected chi connectivity index (χ0v) is 17.7. The van der Waals surface area contributed by atoms with Crippen LogP contribution in [0.15, 0.2) is 54.0 Å². The molecule has 156 valence electrons. The SMILES string of the molecule is O=C(NCCNC(=O)C1CCCCC1)c1cn(-c2ccccc2)nc1-c1cccs1. The number of benzene rings is 1. The lowest BCUT2D eigenvalue weighted by Crippen LogP contribution is -2.38. The van der Waals surface area contributed by atoms with Crippen molar-refractivity contribution in [3.8, 4) is 16.3 Å². The van der Waals surface area contributed by atoms with Gasteiger partial charge in [-0.2, -0.15) is 5.10 Å². The van der Waals surface area contributed by atoms with Crippen LogP contribution in [0.25, 0.3) is 16.3 Å². The summed E-state index contributed by atoms with van der Waals surface area (Å²) in [6.07, 6.45) is 7.20. The molecule has 3 aromatic rings. The first-order chi connectivity index (χ1) is 14.7. The first-order valence-electron chi connectivity index (χ1n) is 10.5. The van der Waals surface area contributed by atoms with Crippen LogP contribution in [0.5, 0.6) is 0 Å². The molecule has 2 heterocycles. The number of nitrogens with one attached hydrogen (secondary N) is 2. The lowest BCUT2D eigenvalue weighted by Gasteiger charge is -2.20. The minimum Gasteiger partial charge on any atom is -0.354 e. The third-order valence-electron chi connectivity index (χ3n) is 5.42. The van der Waals surface area contributed by atoms with Gasteiger partial charge in [-0.15, -0.1) is 11.3 Å². The summed E-state index contributed by atoms with van der Waals surface area (Å²) in [5.74, 6) is 0.0524. The van der Waals surface area contributed by atoms with E-state index in [0.717, 1.165) is 36.2 Å². The maximum atomic E-state index is 12.9. The van der Waals surface area contributed by atoms with Gasteiger partial charge in [-0.3, -0.25) is 9.59 Å². The van der Waals surface area contributed by atoms with Crippen LogP contribution in [0.2, 0.25) is 0 Å². The predicted molar refractivity (Wildman–Crippen MR) is 119 cm³/mol. The fourth-order valence-corrected chi connectivity index (χ4v) is 4.54. The van der Waals surface area contributed by atoms with Gasteiger partial charge in [0.25, 0.3) is 5.91 Å². The van der Waals surface area contributed by atoms with Crippen LogP contribution in [0.4, 0.5) is 0 Å². The van der Waals surface area contributed by atoms with Gasteiger partial charge in [0.15, 0.2) is 0 Å². The van der Waals surface area contributed by atoms with Crippen LogP contribution < -0.4 is 10.6 Å². The number of para-hydroxylation sites is 1. The van der Waals surface area contributed by atoms with E-state index in [0.29, 0.717) is 24.3 Å². The summed E-state index contributed by atoms with van der Waals surface area (Å²) in [6, 6.07) is 13.6. The molecular formula is C23H26N4O2S. The molecular weight excluding hydrogens is 396 g/mol. The van der Waals surface area contributed by atoms with Crippen molar-refractivity contribution in [1.82, 2.24) is 20.4 Å². The monoisotopic (exact) mass is 422 g/mol. The highest BCUT2D eigenvalue weighted by atomic mass is 32.1. The summed E-state index contributed by atoms with van der Waals surface area (Å²) in [5.41, 5.74) is 2.09. The topological polar surface area (TPSA) is 76.0 Å². The highest BCUT2D eigenvalue weighted by Crippen LogP contribution is 2.28. The van der Waals surface area contributed by atoms with Gasteiger partial charge < -0.3 is 10.6 Å². The molecule has 0 unspecified atom stereocenters. The zero-order valence-electron chi connectivity index (χ0n) is 16.8. The lowest BCUT2D eigenvalue weighted by atomic mass is 9.89. The minimum atomic E-state index is -0.188. The van der Waals surface area contributed by atoms with Crippen molar-refractivity contribution >= 4 is 23.2 Å². The Labute approximate surface area is 180 Å². The Bertz CT molecular complexity index is 976. The highest BCUT2D eigenvalue weighted by Gasteiger charge is 2.21. The standard InChI is InChI=1S/C23H26N4O2S/c28-22(17-8-3-1-4-9-17)24-13-14-25-23(29)19-16-27(18-10-5-2-6-11-18)26-21(19)20-12-7-15-30-20/h2,5-7,10-12,15-17H,1,3-4,8-9,13-14H2,(H,24,28)(H,25,29). The molecule has 7 heteroatoms. The van der Waals surface area contributed by atoms with Crippen molar-refractivity contribution in [2.45, 2.75) is 32.1 Å². The molecule has 6 nitrogen and oxygen atoms in total. The summed E-state index contributed by atoms with van der Waals surface area (Å²) in [6.45, 7) is 0.819. The fraction of sp³-hybridized carbons (Fsp3) is 0.348. The number of hydrogen-bond donors (Lipinski definition) is 2. The van der Waals surface area contributed by atoms with Crippen molar-refractivity contribution in [3.63, 3.8) is 0 Å². The third kappa shape index (κ3) is 4.79. The Balaban J connectivity index is 1.40. The van der Waals surface area contributed by atoms with E-state index in [4.69, 9.17) is 0 Å². The van der Waals surface area contributed by atoms with Crippen molar-refractivity contribution in [2.24, 2.45) is 5.92 Å². The van der Waals surface area contributed by atoms with Gasteiger partial charge in [0.2, 0.25) is 5.91 Å². The van der Waals surface area contributed by atoms with E-state index in [2.05, 4.69) is 15.7 Å². The molecule has 2 N–H and O–H groups in total. The summed E-state index contributed by atoms with van der Waals surface area (Å²) in [5, 5.41) is 12.5. The molecule has 2 amide bonds. The number of rotatable bonds is 7. The number of thiophene rings is 1. The molecule has 1 saturated carbocycles. The maximum Gasteiger partial charge on any atom is 0.255 e. The molecule has 0 atom stereocenters. The zero-order chi connectivity index (χ0) is 20.8. The molecule has 1 aliphatic carbocycles. The molecule has 0 spiro atoms. The van der Waals surface area contributed by atoms with Gasteiger partial charge in [-0.1, -0.05) is 43.5 Å². The number of carbonyl (C=O) groups is 2. The number of hydrogen-bond acceptors (Lipinski definition) is 4. The van der Waals surface area contributed by atoms with Gasteiger partial charge in [-0.05, 0) is 36.4 Å². The van der Waals surface area contributed by atoms with Crippen molar-refractivity contribution in [2.75, 3.05) is 13.1 Å². The van der Waals surface area contributed by atoms with Crippen molar-refractivity contribution in [3.05, 3.63) is 59.6 Å². The molecule has 0 bridgehead atoms. The average Bonchev–Trinajstić information content (AvgIpc) is 3.47. The van der Waals surface area contributed by atoms with Crippen LogP contribution in [0.3, 0.4) is 0 Å². The Kier molecular flexibility index (Phi) is 6.59. The largest absolute Gasteiger partial charge is 0.354 e. The first-order valence-corrected chi connectivity index (χ1v) is 11.4. The van der Waals surface area contributed by atoms with Crippen LogP contribution in [0, 0.1) is 5.92 Å². The molecule has 2 aromatic heterocycles. The molecule has 30 heavy (non-hydrogen) atoms. The predicted octanol–water partition coefficient (Wildman–Crippen LogP) is 4.03. The maximum absolute atomic E-state index is 12.9. The Morgan fingerprint density at radius 2 is 1.77 bits per heavy atom. The molecule has 1 aliphatic rings. The van der Waals surface area contributed by atoms with Crippen LogP contribution in [-0.2, 0) is 4.79 Å². The Morgan fingerprint density at radius 1 is 1.00 bits per heavy atom. The van der Waals surface area contributed by atoms with Gasteiger partial charge in [-0.25, -0.2) is 4.68 Å². The van der Waals surface area contributed by atoms with E-state index in [-0.39, 0.29) is 17.7 Å². The molecule has 0 saturated heterocycles. The van der Waals surface area contributed by atoms with Gasteiger partial charge >= 0.3 is 0 Å². The van der Waals surface area contributed by atoms with Gasteiger partial charge in [0.1, 0.15) is 5.69 Å². The summed E-state index contributed by atoms with van der Waals surface area (Å²) < 4.78 is 1.73. The third-order valence-corrected chi connectivity index (χ3v) is 6.30. The second-order valence-corrected chi connectivity index (χ2v) is 8.48. The van der Waals surface area contributed by atoms with E-state index >= 15 is 0 Å².